The van der Waals surface area contributed by atoms with Crippen molar-refractivity contribution in [2.75, 3.05) is 4.90 Å². The fraction of sp³-hybridized carbons (Fsp3) is 0.154. The van der Waals surface area contributed by atoms with Gasteiger partial charge >= 0.3 is 0 Å². The zero-order valence-corrected chi connectivity index (χ0v) is 21.0. The smallest absolute Gasteiger partial charge is 0.270 e. The van der Waals surface area contributed by atoms with Gasteiger partial charge in [0.1, 0.15) is 5.57 Å². The van der Waals surface area contributed by atoms with Gasteiger partial charge < -0.3 is 14.5 Å². The van der Waals surface area contributed by atoms with Crippen LogP contribution >= 0.6 is 23.8 Å². The molecule has 0 atom stereocenters. The standard InChI is InChI=1S/C26H22ClN3O4S/c1-13-6-5-7-22(15(13)3)30-24(32)20(23(31)28-26(30)35)11-17-10-14(2)29(16(17)4)18-8-9-19(25(33)34)21(27)12-18/h5-12H,1-4H3,(H,33,34)(H,28,31,35)/p-1/b20-11+. The van der Waals surface area contributed by atoms with E-state index >= 15 is 0 Å². The molecule has 9 heteroatoms. The molecule has 0 unspecified atom stereocenters. The van der Waals surface area contributed by atoms with Crippen LogP contribution in [0.2, 0.25) is 5.02 Å². The number of aromatic nitrogens is 1. The molecule has 2 amide bonds. The Kier molecular flexibility index (Phi) is 6.36. The van der Waals surface area contributed by atoms with Gasteiger partial charge in [-0.2, -0.15) is 0 Å². The molecular weight excluding hydrogens is 486 g/mol. The van der Waals surface area contributed by atoms with Gasteiger partial charge in [-0.15, -0.1) is 0 Å². The largest absolute Gasteiger partial charge is 0.545 e. The molecule has 35 heavy (non-hydrogen) atoms. The number of carbonyl (C=O) groups excluding carboxylic acids is 3. The Bertz CT molecular complexity index is 1470. The number of aryl methyl sites for hydroxylation is 2. The number of rotatable bonds is 4. The third-order valence-corrected chi connectivity index (χ3v) is 6.72. The maximum absolute atomic E-state index is 13.5. The Hall–Kier alpha value is -3.75. The molecule has 7 nitrogen and oxygen atoms in total. The van der Waals surface area contributed by atoms with E-state index in [1.807, 2.05) is 50.5 Å². The summed E-state index contributed by atoms with van der Waals surface area (Å²) >= 11 is 11.5. The highest BCUT2D eigenvalue weighted by molar-refractivity contribution is 7.80. The molecule has 4 rings (SSSR count). The number of anilines is 1. The summed E-state index contributed by atoms with van der Waals surface area (Å²) in [7, 11) is 0. The maximum Gasteiger partial charge on any atom is 0.270 e. The molecule has 2 heterocycles. The van der Waals surface area contributed by atoms with E-state index in [1.165, 1.54) is 23.1 Å². The highest BCUT2D eigenvalue weighted by atomic mass is 35.5. The van der Waals surface area contributed by atoms with Crippen molar-refractivity contribution in [1.29, 1.82) is 0 Å². The third kappa shape index (κ3) is 4.26. The number of carbonyl (C=O) groups is 3. The van der Waals surface area contributed by atoms with Gasteiger partial charge in [0.15, 0.2) is 5.11 Å². The van der Waals surface area contributed by atoms with E-state index < -0.39 is 17.8 Å². The first kappa shape index (κ1) is 24.4. The second-order valence-electron chi connectivity index (χ2n) is 8.29. The van der Waals surface area contributed by atoms with Crippen molar-refractivity contribution in [2.45, 2.75) is 27.7 Å². The number of hydrogen-bond acceptors (Lipinski definition) is 5. The highest BCUT2D eigenvalue weighted by Gasteiger charge is 2.35. The Labute approximate surface area is 212 Å². The normalized spacial score (nSPS) is 15.1. The minimum absolute atomic E-state index is 0.0268. The van der Waals surface area contributed by atoms with Crippen molar-refractivity contribution in [3.63, 3.8) is 0 Å². The van der Waals surface area contributed by atoms with Crippen molar-refractivity contribution in [2.24, 2.45) is 0 Å². The minimum Gasteiger partial charge on any atom is -0.545 e. The van der Waals surface area contributed by atoms with E-state index in [0.717, 1.165) is 22.5 Å². The summed E-state index contributed by atoms with van der Waals surface area (Å²) in [6.45, 7) is 7.52. The predicted octanol–water partition coefficient (Wildman–Crippen LogP) is 3.56. The first-order chi connectivity index (χ1) is 16.5. The van der Waals surface area contributed by atoms with Crippen molar-refractivity contribution < 1.29 is 19.5 Å². The molecular formula is C26H21ClN3O4S-. The summed E-state index contributed by atoms with van der Waals surface area (Å²) in [5.74, 6) is -2.45. The van der Waals surface area contributed by atoms with Gasteiger partial charge in [0.05, 0.1) is 16.7 Å². The summed E-state index contributed by atoms with van der Waals surface area (Å²) < 4.78 is 1.86. The third-order valence-electron chi connectivity index (χ3n) is 6.12. The SMILES string of the molecule is Cc1cccc(N2C(=O)/C(=C/c3cc(C)n(-c4ccc(C(=O)[O-])c(Cl)c4)c3C)C(=O)NC2=S)c1C. The molecule has 0 bridgehead atoms. The van der Waals surface area contributed by atoms with Gasteiger partial charge in [-0.1, -0.05) is 23.7 Å². The van der Waals surface area contributed by atoms with Crippen molar-refractivity contribution in [3.05, 3.63) is 86.7 Å². The van der Waals surface area contributed by atoms with E-state index in [9.17, 15) is 19.5 Å². The molecule has 0 saturated carbocycles. The van der Waals surface area contributed by atoms with Crippen molar-refractivity contribution in [3.8, 4) is 5.69 Å². The van der Waals surface area contributed by atoms with Crippen LogP contribution in [0.3, 0.4) is 0 Å². The number of nitrogens with one attached hydrogen (secondary N) is 1. The Morgan fingerprint density at radius 2 is 1.80 bits per heavy atom. The number of carboxylic acid groups (broad SMARTS) is 1. The molecule has 0 spiro atoms. The quantitative estimate of drug-likeness (QED) is 0.332. The van der Waals surface area contributed by atoms with E-state index in [4.69, 9.17) is 23.8 Å². The minimum atomic E-state index is -1.36. The lowest BCUT2D eigenvalue weighted by Gasteiger charge is -2.30. The van der Waals surface area contributed by atoms with Gasteiger partial charge in [-0.05, 0) is 93.0 Å². The van der Waals surface area contributed by atoms with Gasteiger partial charge in [0.25, 0.3) is 11.8 Å². The lowest BCUT2D eigenvalue weighted by atomic mass is 10.0. The average Bonchev–Trinajstić information content (AvgIpc) is 3.06. The summed E-state index contributed by atoms with van der Waals surface area (Å²) in [6.07, 6.45) is 1.54. The molecule has 0 aliphatic carbocycles. The Morgan fingerprint density at radius 3 is 2.46 bits per heavy atom. The van der Waals surface area contributed by atoms with Crippen LogP contribution in [-0.2, 0) is 9.59 Å². The van der Waals surface area contributed by atoms with Crippen LogP contribution in [0.25, 0.3) is 11.8 Å². The topological polar surface area (TPSA) is 94.5 Å². The zero-order valence-electron chi connectivity index (χ0n) is 19.4. The van der Waals surface area contributed by atoms with Crippen LogP contribution < -0.4 is 15.3 Å². The number of amides is 2. The zero-order chi connectivity index (χ0) is 25.6. The highest BCUT2D eigenvalue weighted by Crippen LogP contribution is 2.29. The molecule has 0 radical (unpaired) electrons. The van der Waals surface area contributed by atoms with E-state index in [2.05, 4.69) is 5.32 Å². The number of halogens is 1. The molecule has 1 aliphatic heterocycles. The number of hydrogen-bond donors (Lipinski definition) is 1. The lowest BCUT2D eigenvalue weighted by molar-refractivity contribution is -0.255. The van der Waals surface area contributed by atoms with Crippen LogP contribution in [0.1, 0.15) is 38.4 Å². The Morgan fingerprint density at radius 1 is 1.09 bits per heavy atom. The summed E-state index contributed by atoms with van der Waals surface area (Å²) in [6, 6.07) is 11.9. The maximum atomic E-state index is 13.5. The number of carboxylic acids is 1. The molecule has 2 aromatic carbocycles. The summed E-state index contributed by atoms with van der Waals surface area (Å²) in [5, 5.41) is 13.9. The number of thiocarbonyl (C=S) groups is 1. The second kappa shape index (κ2) is 9.13. The van der Waals surface area contributed by atoms with E-state index in [-0.39, 0.29) is 21.3 Å². The molecule has 1 saturated heterocycles. The molecule has 3 aromatic rings. The molecule has 1 aliphatic rings. The first-order valence-corrected chi connectivity index (χ1v) is 11.5. The van der Waals surface area contributed by atoms with Gasteiger partial charge in [0.2, 0.25) is 0 Å². The van der Waals surface area contributed by atoms with Crippen molar-refractivity contribution in [1.82, 2.24) is 9.88 Å². The molecule has 1 N–H and O–H groups in total. The van der Waals surface area contributed by atoms with Crippen LogP contribution in [0.5, 0.6) is 0 Å². The van der Waals surface area contributed by atoms with Crippen molar-refractivity contribution >= 4 is 58.5 Å². The molecule has 1 aromatic heterocycles. The second-order valence-corrected chi connectivity index (χ2v) is 9.08. The summed E-state index contributed by atoms with van der Waals surface area (Å²) in [5.41, 5.74) is 5.15. The van der Waals surface area contributed by atoms with Crippen LogP contribution in [-0.4, -0.2) is 27.5 Å². The molecule has 1 fully saturated rings. The van der Waals surface area contributed by atoms with E-state index in [1.54, 1.807) is 12.1 Å². The fourth-order valence-electron chi connectivity index (χ4n) is 4.15. The van der Waals surface area contributed by atoms with Crippen LogP contribution in [0.4, 0.5) is 5.69 Å². The predicted molar refractivity (Wildman–Crippen MR) is 137 cm³/mol. The van der Waals surface area contributed by atoms with Gasteiger partial charge in [0, 0.05) is 22.6 Å². The fourth-order valence-corrected chi connectivity index (χ4v) is 4.68. The Balaban J connectivity index is 1.78. The first-order valence-electron chi connectivity index (χ1n) is 10.7. The van der Waals surface area contributed by atoms with Crippen LogP contribution in [0, 0.1) is 27.7 Å². The van der Waals surface area contributed by atoms with Crippen LogP contribution in [0.15, 0.2) is 48.0 Å². The average molecular weight is 507 g/mol. The number of nitrogens with zero attached hydrogens (tertiary/aromatic N) is 2. The molecule has 178 valence electrons. The van der Waals surface area contributed by atoms with E-state index in [0.29, 0.717) is 16.9 Å². The van der Waals surface area contributed by atoms with Gasteiger partial charge in [-0.3, -0.25) is 19.8 Å². The number of aromatic carboxylic acids is 1. The number of benzene rings is 2. The monoisotopic (exact) mass is 506 g/mol. The lowest BCUT2D eigenvalue weighted by Crippen LogP contribution is -2.54. The summed E-state index contributed by atoms with van der Waals surface area (Å²) in [4.78, 5) is 38.7. The van der Waals surface area contributed by atoms with Gasteiger partial charge in [-0.25, -0.2) is 0 Å².